The standard InChI is InChI=1S/C17H21NO4S/c1-5-22-17-10-9-16(11-13(17)2)23(19,20)18(3)14-7-6-8-15(12-14)21-4/h6-12H,5H2,1-4H3. The lowest BCUT2D eigenvalue weighted by atomic mass is 10.2. The van der Waals surface area contributed by atoms with Gasteiger partial charge in [-0.1, -0.05) is 6.07 Å². The fourth-order valence-electron chi connectivity index (χ4n) is 2.20. The van der Waals surface area contributed by atoms with Crippen LogP contribution in [0.25, 0.3) is 0 Å². The Kier molecular flexibility index (Phi) is 5.15. The normalized spacial score (nSPS) is 11.1. The largest absolute Gasteiger partial charge is 0.497 e. The molecule has 2 aromatic rings. The van der Waals surface area contributed by atoms with Crippen molar-refractivity contribution in [3.05, 3.63) is 48.0 Å². The van der Waals surface area contributed by atoms with Crippen LogP contribution in [0.4, 0.5) is 5.69 Å². The molecule has 2 rings (SSSR count). The number of rotatable bonds is 6. The molecular weight excluding hydrogens is 314 g/mol. The highest BCUT2D eigenvalue weighted by atomic mass is 32.2. The van der Waals surface area contributed by atoms with Gasteiger partial charge in [0.2, 0.25) is 0 Å². The number of benzene rings is 2. The Morgan fingerprint density at radius 1 is 1.13 bits per heavy atom. The van der Waals surface area contributed by atoms with E-state index in [0.29, 0.717) is 23.8 Å². The summed E-state index contributed by atoms with van der Waals surface area (Å²) in [5.74, 6) is 1.29. The van der Waals surface area contributed by atoms with E-state index >= 15 is 0 Å². The lowest BCUT2D eigenvalue weighted by molar-refractivity contribution is 0.337. The second-order valence-corrected chi connectivity index (χ2v) is 7.00. The predicted molar refractivity (Wildman–Crippen MR) is 90.9 cm³/mol. The minimum absolute atomic E-state index is 0.226. The molecule has 0 spiro atoms. The number of methoxy groups -OCH3 is 1. The molecule has 0 atom stereocenters. The first kappa shape index (κ1) is 17.1. The van der Waals surface area contributed by atoms with Gasteiger partial charge in [-0.05, 0) is 49.7 Å². The van der Waals surface area contributed by atoms with Gasteiger partial charge in [0, 0.05) is 13.1 Å². The fraction of sp³-hybridized carbons (Fsp3) is 0.294. The molecule has 0 saturated heterocycles. The molecule has 124 valence electrons. The zero-order valence-electron chi connectivity index (χ0n) is 13.7. The van der Waals surface area contributed by atoms with E-state index in [1.54, 1.807) is 49.6 Å². The van der Waals surface area contributed by atoms with Gasteiger partial charge in [0.15, 0.2) is 0 Å². The van der Waals surface area contributed by atoms with Gasteiger partial charge in [-0.2, -0.15) is 0 Å². The molecule has 0 aromatic heterocycles. The highest BCUT2D eigenvalue weighted by molar-refractivity contribution is 7.92. The van der Waals surface area contributed by atoms with Crippen molar-refractivity contribution in [2.24, 2.45) is 0 Å². The average molecular weight is 335 g/mol. The third-order valence-corrected chi connectivity index (χ3v) is 5.30. The summed E-state index contributed by atoms with van der Waals surface area (Å²) in [7, 11) is -0.580. The Morgan fingerprint density at radius 2 is 1.87 bits per heavy atom. The molecule has 0 aliphatic heterocycles. The van der Waals surface area contributed by atoms with Gasteiger partial charge in [0.25, 0.3) is 10.0 Å². The van der Waals surface area contributed by atoms with E-state index in [1.165, 1.54) is 11.4 Å². The van der Waals surface area contributed by atoms with Gasteiger partial charge in [0.05, 0.1) is 24.3 Å². The van der Waals surface area contributed by atoms with E-state index in [0.717, 1.165) is 5.56 Å². The third-order valence-electron chi connectivity index (χ3n) is 3.52. The van der Waals surface area contributed by atoms with E-state index in [9.17, 15) is 8.42 Å². The SMILES string of the molecule is CCOc1ccc(S(=O)(=O)N(C)c2cccc(OC)c2)cc1C. The number of ether oxygens (including phenoxy) is 2. The van der Waals surface area contributed by atoms with Crippen molar-refractivity contribution in [3.63, 3.8) is 0 Å². The van der Waals surface area contributed by atoms with Crippen LogP contribution in [-0.4, -0.2) is 29.2 Å². The van der Waals surface area contributed by atoms with Crippen LogP contribution >= 0.6 is 0 Å². The van der Waals surface area contributed by atoms with Crippen molar-refractivity contribution in [1.29, 1.82) is 0 Å². The predicted octanol–water partition coefficient (Wildman–Crippen LogP) is 3.23. The molecule has 0 unspecified atom stereocenters. The Labute approximate surface area is 137 Å². The Bertz CT molecular complexity index is 787. The zero-order chi connectivity index (χ0) is 17.0. The highest BCUT2D eigenvalue weighted by Gasteiger charge is 2.22. The van der Waals surface area contributed by atoms with Gasteiger partial charge in [-0.25, -0.2) is 8.42 Å². The first-order valence-electron chi connectivity index (χ1n) is 7.26. The molecule has 0 aliphatic carbocycles. The Hall–Kier alpha value is -2.21. The quantitative estimate of drug-likeness (QED) is 0.813. The maximum Gasteiger partial charge on any atom is 0.264 e. The first-order valence-corrected chi connectivity index (χ1v) is 8.70. The molecule has 23 heavy (non-hydrogen) atoms. The summed E-state index contributed by atoms with van der Waals surface area (Å²) in [5, 5.41) is 0. The van der Waals surface area contributed by atoms with Gasteiger partial charge >= 0.3 is 0 Å². The van der Waals surface area contributed by atoms with Crippen LogP contribution in [0.5, 0.6) is 11.5 Å². The summed E-state index contributed by atoms with van der Waals surface area (Å²) < 4.78 is 37.4. The number of aryl methyl sites for hydroxylation is 1. The zero-order valence-corrected chi connectivity index (χ0v) is 14.6. The number of nitrogens with zero attached hydrogens (tertiary/aromatic N) is 1. The van der Waals surface area contributed by atoms with E-state index in [4.69, 9.17) is 9.47 Å². The first-order chi connectivity index (χ1) is 10.9. The molecule has 2 aromatic carbocycles. The smallest absolute Gasteiger partial charge is 0.264 e. The van der Waals surface area contributed by atoms with Gasteiger partial charge in [-0.15, -0.1) is 0 Å². The van der Waals surface area contributed by atoms with Crippen molar-refractivity contribution < 1.29 is 17.9 Å². The van der Waals surface area contributed by atoms with E-state index < -0.39 is 10.0 Å². The number of hydrogen-bond donors (Lipinski definition) is 0. The second kappa shape index (κ2) is 6.91. The maximum atomic E-state index is 12.8. The fourth-order valence-corrected chi connectivity index (χ4v) is 3.48. The van der Waals surface area contributed by atoms with Crippen LogP contribution in [0.3, 0.4) is 0 Å². The van der Waals surface area contributed by atoms with Gasteiger partial charge < -0.3 is 9.47 Å². The van der Waals surface area contributed by atoms with Crippen LogP contribution in [0, 0.1) is 6.92 Å². The van der Waals surface area contributed by atoms with Crippen LogP contribution in [0.15, 0.2) is 47.4 Å². The van der Waals surface area contributed by atoms with Crippen molar-refractivity contribution >= 4 is 15.7 Å². The van der Waals surface area contributed by atoms with Crippen molar-refractivity contribution in [1.82, 2.24) is 0 Å². The maximum absolute atomic E-state index is 12.8. The minimum atomic E-state index is -3.65. The molecule has 0 heterocycles. The average Bonchev–Trinajstić information content (AvgIpc) is 2.56. The molecule has 0 bridgehead atoms. The summed E-state index contributed by atoms with van der Waals surface area (Å²) in [6.45, 7) is 4.26. The molecular formula is C17H21NO4S. The summed E-state index contributed by atoms with van der Waals surface area (Å²) in [6.07, 6.45) is 0. The summed E-state index contributed by atoms with van der Waals surface area (Å²) in [4.78, 5) is 0.226. The molecule has 0 fully saturated rings. The molecule has 0 saturated carbocycles. The summed E-state index contributed by atoms with van der Waals surface area (Å²) in [5.41, 5.74) is 1.32. The lowest BCUT2D eigenvalue weighted by Gasteiger charge is -2.20. The summed E-state index contributed by atoms with van der Waals surface area (Å²) in [6, 6.07) is 11.8. The topological polar surface area (TPSA) is 55.8 Å². The molecule has 0 radical (unpaired) electrons. The van der Waals surface area contributed by atoms with Crippen LogP contribution < -0.4 is 13.8 Å². The van der Waals surface area contributed by atoms with E-state index in [2.05, 4.69) is 0 Å². The van der Waals surface area contributed by atoms with Crippen LogP contribution in [0.2, 0.25) is 0 Å². The number of hydrogen-bond acceptors (Lipinski definition) is 4. The lowest BCUT2D eigenvalue weighted by Crippen LogP contribution is -2.26. The van der Waals surface area contributed by atoms with Crippen LogP contribution in [0.1, 0.15) is 12.5 Å². The molecule has 0 N–H and O–H groups in total. The van der Waals surface area contributed by atoms with Crippen molar-refractivity contribution in [2.45, 2.75) is 18.7 Å². The molecule has 5 nitrogen and oxygen atoms in total. The monoisotopic (exact) mass is 335 g/mol. The Morgan fingerprint density at radius 3 is 2.48 bits per heavy atom. The Balaban J connectivity index is 2.38. The number of sulfonamides is 1. The van der Waals surface area contributed by atoms with Gasteiger partial charge in [-0.3, -0.25) is 4.31 Å². The highest BCUT2D eigenvalue weighted by Crippen LogP contribution is 2.28. The molecule has 0 aliphatic rings. The van der Waals surface area contributed by atoms with Crippen molar-refractivity contribution in [2.75, 3.05) is 25.1 Å². The van der Waals surface area contributed by atoms with E-state index in [-0.39, 0.29) is 4.90 Å². The molecule has 6 heteroatoms. The van der Waals surface area contributed by atoms with Crippen LogP contribution in [-0.2, 0) is 10.0 Å². The third kappa shape index (κ3) is 3.59. The number of anilines is 1. The van der Waals surface area contributed by atoms with Gasteiger partial charge in [0.1, 0.15) is 11.5 Å². The van der Waals surface area contributed by atoms with Crippen molar-refractivity contribution in [3.8, 4) is 11.5 Å². The second-order valence-electron chi connectivity index (χ2n) is 5.03. The summed E-state index contributed by atoms with van der Waals surface area (Å²) >= 11 is 0. The minimum Gasteiger partial charge on any atom is -0.497 e. The van der Waals surface area contributed by atoms with E-state index in [1.807, 2.05) is 13.8 Å². The molecule has 0 amide bonds.